The third-order valence-electron chi connectivity index (χ3n) is 3.23. The molecule has 0 aromatic rings. The maximum absolute atomic E-state index is 11.8. The Kier molecular flexibility index (Phi) is 4.03. The van der Waals surface area contributed by atoms with Gasteiger partial charge in [0.1, 0.15) is 6.10 Å². The molecule has 3 atom stereocenters. The first-order valence-corrected chi connectivity index (χ1v) is 6.75. The van der Waals surface area contributed by atoms with E-state index in [0.29, 0.717) is 10.9 Å². The Morgan fingerprint density at radius 3 is 2.67 bits per heavy atom. The zero-order valence-electron chi connectivity index (χ0n) is 8.88. The minimum absolute atomic E-state index is 0.0889. The molecule has 1 N–H and O–H groups in total. The van der Waals surface area contributed by atoms with Gasteiger partial charge < -0.3 is 10.1 Å². The summed E-state index contributed by atoms with van der Waals surface area (Å²) in [5.74, 6) is 0.0889. The molecular formula is C11H18BrNO2. The van der Waals surface area contributed by atoms with Crippen molar-refractivity contribution in [3.63, 3.8) is 0 Å². The van der Waals surface area contributed by atoms with Crippen LogP contribution in [0.15, 0.2) is 0 Å². The zero-order valence-corrected chi connectivity index (χ0v) is 10.5. The number of hydrogen-bond acceptors (Lipinski definition) is 2. The molecule has 3 nitrogen and oxygen atoms in total. The Bertz CT molecular complexity index is 229. The van der Waals surface area contributed by atoms with Gasteiger partial charge in [0.15, 0.2) is 0 Å². The molecule has 15 heavy (non-hydrogen) atoms. The van der Waals surface area contributed by atoms with E-state index in [1.165, 1.54) is 6.42 Å². The molecular weight excluding hydrogens is 258 g/mol. The van der Waals surface area contributed by atoms with Gasteiger partial charge in [-0.25, -0.2) is 0 Å². The number of halogens is 1. The van der Waals surface area contributed by atoms with E-state index in [4.69, 9.17) is 4.74 Å². The van der Waals surface area contributed by atoms with Crippen LogP contribution < -0.4 is 5.32 Å². The molecule has 0 radical (unpaired) electrons. The first-order valence-electron chi connectivity index (χ1n) is 5.83. The molecule has 1 aliphatic heterocycles. The van der Waals surface area contributed by atoms with E-state index in [1.807, 2.05) is 0 Å². The van der Waals surface area contributed by atoms with E-state index in [2.05, 4.69) is 21.2 Å². The number of amides is 1. The maximum atomic E-state index is 11.8. The lowest BCUT2D eigenvalue weighted by molar-refractivity contribution is -0.136. The van der Waals surface area contributed by atoms with Gasteiger partial charge in [-0.05, 0) is 32.1 Å². The largest absolute Gasteiger partial charge is 0.368 e. The fourth-order valence-corrected chi connectivity index (χ4v) is 3.02. The lowest BCUT2D eigenvalue weighted by Crippen LogP contribution is -2.45. The third-order valence-corrected chi connectivity index (χ3v) is 4.33. The Labute approximate surface area is 99.1 Å². The van der Waals surface area contributed by atoms with Crippen LogP contribution in [0.2, 0.25) is 0 Å². The van der Waals surface area contributed by atoms with Crippen molar-refractivity contribution in [3.05, 3.63) is 0 Å². The molecule has 4 heteroatoms. The zero-order chi connectivity index (χ0) is 10.7. The highest BCUT2D eigenvalue weighted by molar-refractivity contribution is 9.09. The molecule has 3 unspecified atom stereocenters. The van der Waals surface area contributed by atoms with Crippen molar-refractivity contribution in [2.24, 2.45) is 0 Å². The van der Waals surface area contributed by atoms with Crippen LogP contribution in [-0.2, 0) is 9.53 Å². The molecule has 0 spiro atoms. The Hall–Kier alpha value is -0.0900. The predicted molar refractivity (Wildman–Crippen MR) is 62.1 cm³/mol. The number of carbonyl (C=O) groups excluding carboxylic acids is 1. The molecule has 1 amide bonds. The van der Waals surface area contributed by atoms with Gasteiger partial charge in [-0.3, -0.25) is 4.79 Å². The van der Waals surface area contributed by atoms with E-state index in [-0.39, 0.29) is 12.0 Å². The summed E-state index contributed by atoms with van der Waals surface area (Å²) >= 11 is 3.60. The number of rotatable bonds is 2. The molecule has 0 aromatic heterocycles. The molecule has 86 valence electrons. The number of nitrogens with one attached hydrogen (secondary N) is 1. The lowest BCUT2D eigenvalue weighted by Gasteiger charge is -2.24. The number of hydrogen-bond donors (Lipinski definition) is 1. The van der Waals surface area contributed by atoms with Crippen LogP contribution in [0.25, 0.3) is 0 Å². The molecule has 1 heterocycles. The molecule has 2 rings (SSSR count). The summed E-state index contributed by atoms with van der Waals surface area (Å²) in [6.45, 7) is 0.737. The van der Waals surface area contributed by atoms with Crippen LogP contribution in [-0.4, -0.2) is 29.5 Å². The number of alkyl halides is 1. The van der Waals surface area contributed by atoms with Crippen molar-refractivity contribution in [1.82, 2.24) is 5.32 Å². The third kappa shape index (κ3) is 2.94. The minimum Gasteiger partial charge on any atom is -0.368 e. The molecule has 2 fully saturated rings. The van der Waals surface area contributed by atoms with E-state index >= 15 is 0 Å². The van der Waals surface area contributed by atoms with Gasteiger partial charge in [0.05, 0.1) is 0 Å². The van der Waals surface area contributed by atoms with Gasteiger partial charge in [0, 0.05) is 17.5 Å². The van der Waals surface area contributed by atoms with Crippen LogP contribution in [0.1, 0.15) is 38.5 Å². The van der Waals surface area contributed by atoms with Crippen LogP contribution in [0.3, 0.4) is 0 Å². The summed E-state index contributed by atoms with van der Waals surface area (Å²) < 4.78 is 5.46. The molecule has 1 saturated heterocycles. The maximum Gasteiger partial charge on any atom is 0.249 e. The highest BCUT2D eigenvalue weighted by atomic mass is 79.9. The SMILES string of the molecule is O=C(NC1CCCC1Br)C1CCCCO1. The highest BCUT2D eigenvalue weighted by Crippen LogP contribution is 2.26. The van der Waals surface area contributed by atoms with Gasteiger partial charge >= 0.3 is 0 Å². The van der Waals surface area contributed by atoms with Crippen molar-refractivity contribution in [3.8, 4) is 0 Å². The Balaban J connectivity index is 1.80. The monoisotopic (exact) mass is 275 g/mol. The predicted octanol–water partition coefficient (Wildman–Crippen LogP) is 1.99. The fourth-order valence-electron chi connectivity index (χ4n) is 2.30. The average Bonchev–Trinajstić information content (AvgIpc) is 2.66. The average molecular weight is 276 g/mol. The molecule has 0 aromatic carbocycles. The van der Waals surface area contributed by atoms with E-state index in [9.17, 15) is 4.79 Å². The van der Waals surface area contributed by atoms with Crippen molar-refractivity contribution >= 4 is 21.8 Å². The second-order valence-corrected chi connectivity index (χ2v) is 5.59. The summed E-state index contributed by atoms with van der Waals surface area (Å²) in [4.78, 5) is 12.3. The first-order chi connectivity index (χ1) is 7.27. The highest BCUT2D eigenvalue weighted by Gasteiger charge is 2.29. The van der Waals surface area contributed by atoms with Gasteiger partial charge in [-0.15, -0.1) is 0 Å². The summed E-state index contributed by atoms with van der Waals surface area (Å²) in [6, 6.07) is 0.308. The van der Waals surface area contributed by atoms with Gasteiger partial charge in [0.25, 0.3) is 0 Å². The van der Waals surface area contributed by atoms with E-state index < -0.39 is 0 Å². The van der Waals surface area contributed by atoms with Crippen molar-refractivity contribution < 1.29 is 9.53 Å². The van der Waals surface area contributed by atoms with E-state index in [1.54, 1.807) is 0 Å². The fraction of sp³-hybridized carbons (Fsp3) is 0.909. The van der Waals surface area contributed by atoms with Crippen molar-refractivity contribution in [2.75, 3.05) is 6.61 Å². The smallest absolute Gasteiger partial charge is 0.249 e. The van der Waals surface area contributed by atoms with Crippen LogP contribution in [0, 0.1) is 0 Å². The second-order valence-electron chi connectivity index (χ2n) is 4.42. The van der Waals surface area contributed by atoms with Gasteiger partial charge in [0.2, 0.25) is 5.91 Å². The summed E-state index contributed by atoms with van der Waals surface area (Å²) in [5.41, 5.74) is 0. The normalized spacial score (nSPS) is 36.5. The van der Waals surface area contributed by atoms with Crippen molar-refractivity contribution in [1.29, 1.82) is 0 Å². The van der Waals surface area contributed by atoms with Crippen LogP contribution >= 0.6 is 15.9 Å². The minimum atomic E-state index is -0.195. The molecule has 0 bridgehead atoms. The molecule has 1 aliphatic carbocycles. The van der Waals surface area contributed by atoms with E-state index in [0.717, 1.165) is 38.7 Å². The number of carbonyl (C=O) groups is 1. The summed E-state index contributed by atoms with van der Waals surface area (Å²) in [7, 11) is 0. The van der Waals surface area contributed by atoms with Crippen LogP contribution in [0.5, 0.6) is 0 Å². The summed E-state index contributed by atoms with van der Waals surface area (Å²) in [5, 5.41) is 3.09. The van der Waals surface area contributed by atoms with Crippen molar-refractivity contribution in [2.45, 2.75) is 55.5 Å². The standard InChI is InChI=1S/C11H18BrNO2/c12-8-4-3-5-9(8)13-11(14)10-6-1-2-7-15-10/h8-10H,1-7H2,(H,13,14). The van der Waals surface area contributed by atoms with Gasteiger partial charge in [-0.2, -0.15) is 0 Å². The Morgan fingerprint density at radius 1 is 1.20 bits per heavy atom. The molecule has 2 aliphatic rings. The lowest BCUT2D eigenvalue weighted by atomic mass is 10.1. The first kappa shape index (κ1) is 11.4. The topological polar surface area (TPSA) is 38.3 Å². The Morgan fingerprint density at radius 2 is 2.07 bits per heavy atom. The second kappa shape index (κ2) is 5.30. The molecule has 1 saturated carbocycles. The quantitative estimate of drug-likeness (QED) is 0.783. The number of ether oxygens (including phenoxy) is 1. The van der Waals surface area contributed by atoms with Gasteiger partial charge in [-0.1, -0.05) is 22.4 Å². The summed E-state index contributed by atoms with van der Waals surface area (Å²) in [6.07, 6.45) is 6.34. The van der Waals surface area contributed by atoms with Crippen LogP contribution in [0.4, 0.5) is 0 Å².